The van der Waals surface area contributed by atoms with Gasteiger partial charge in [0, 0.05) is 12.2 Å². The van der Waals surface area contributed by atoms with Gasteiger partial charge in [-0.2, -0.15) is 0 Å². The molecule has 0 aliphatic rings. The number of hydrogen-bond donors (Lipinski definition) is 2. The molecule has 3 N–H and O–H groups in total. The summed E-state index contributed by atoms with van der Waals surface area (Å²) in [5.74, 6) is 1.05. The smallest absolute Gasteiger partial charge is 0.411 e. The number of hydrogen-bond acceptors (Lipinski definition) is 4. The van der Waals surface area contributed by atoms with Crippen LogP contribution in [0, 0.1) is 5.92 Å². The van der Waals surface area contributed by atoms with Crippen LogP contribution in [0.15, 0.2) is 24.3 Å². The maximum absolute atomic E-state index is 11.4. The molecule has 0 aromatic heterocycles. The van der Waals surface area contributed by atoms with Crippen molar-refractivity contribution in [2.24, 2.45) is 11.7 Å². The monoisotopic (exact) mass is 252 g/mol. The van der Waals surface area contributed by atoms with Gasteiger partial charge in [0.25, 0.3) is 0 Å². The van der Waals surface area contributed by atoms with Crippen LogP contribution >= 0.6 is 0 Å². The zero-order valence-electron chi connectivity index (χ0n) is 10.8. The Kier molecular flexibility index (Phi) is 6.00. The SMILES string of the molecule is CC(C)COC(=O)Nc1ccc(OCCN)cc1. The molecule has 5 nitrogen and oxygen atoms in total. The molecule has 1 aromatic carbocycles. The first-order valence-electron chi connectivity index (χ1n) is 5.98. The topological polar surface area (TPSA) is 73.6 Å². The Morgan fingerprint density at radius 2 is 2.00 bits per heavy atom. The largest absolute Gasteiger partial charge is 0.492 e. The highest BCUT2D eigenvalue weighted by atomic mass is 16.5. The normalized spacial score (nSPS) is 10.2. The van der Waals surface area contributed by atoms with Crippen molar-refractivity contribution in [3.63, 3.8) is 0 Å². The quantitative estimate of drug-likeness (QED) is 0.814. The van der Waals surface area contributed by atoms with Crippen LogP contribution in [0.3, 0.4) is 0 Å². The van der Waals surface area contributed by atoms with Crippen molar-refractivity contribution >= 4 is 11.8 Å². The molecular weight excluding hydrogens is 232 g/mol. The Bertz CT molecular complexity index is 363. The van der Waals surface area contributed by atoms with Gasteiger partial charge in [0.2, 0.25) is 0 Å². The number of ether oxygens (including phenoxy) is 2. The van der Waals surface area contributed by atoms with Crippen LogP contribution in [0.1, 0.15) is 13.8 Å². The van der Waals surface area contributed by atoms with Crippen molar-refractivity contribution in [1.82, 2.24) is 0 Å². The molecule has 0 saturated carbocycles. The maximum atomic E-state index is 11.4. The summed E-state index contributed by atoms with van der Waals surface area (Å²) in [7, 11) is 0. The Balaban J connectivity index is 2.40. The molecule has 0 aliphatic heterocycles. The molecule has 0 bridgehead atoms. The molecule has 0 spiro atoms. The molecule has 0 radical (unpaired) electrons. The third kappa shape index (κ3) is 5.54. The Morgan fingerprint density at radius 3 is 2.56 bits per heavy atom. The van der Waals surface area contributed by atoms with Gasteiger partial charge in [-0.05, 0) is 30.2 Å². The number of rotatable bonds is 6. The van der Waals surface area contributed by atoms with Crippen LogP contribution < -0.4 is 15.8 Å². The minimum atomic E-state index is -0.445. The summed E-state index contributed by atoms with van der Waals surface area (Å²) >= 11 is 0. The van der Waals surface area contributed by atoms with E-state index in [4.69, 9.17) is 15.2 Å². The fourth-order valence-corrected chi connectivity index (χ4v) is 1.21. The van der Waals surface area contributed by atoms with E-state index < -0.39 is 6.09 Å². The van der Waals surface area contributed by atoms with Crippen LogP contribution in [0.2, 0.25) is 0 Å². The summed E-state index contributed by atoms with van der Waals surface area (Å²) < 4.78 is 10.3. The van der Waals surface area contributed by atoms with Crippen molar-refractivity contribution in [2.45, 2.75) is 13.8 Å². The van der Waals surface area contributed by atoms with Crippen molar-refractivity contribution in [2.75, 3.05) is 25.1 Å². The minimum Gasteiger partial charge on any atom is -0.492 e. The van der Waals surface area contributed by atoms with Crippen molar-refractivity contribution in [3.05, 3.63) is 24.3 Å². The average molecular weight is 252 g/mol. The first-order chi connectivity index (χ1) is 8.61. The second kappa shape index (κ2) is 7.55. The molecule has 0 aliphatic carbocycles. The van der Waals surface area contributed by atoms with E-state index in [-0.39, 0.29) is 0 Å². The second-order valence-corrected chi connectivity index (χ2v) is 4.28. The fourth-order valence-electron chi connectivity index (χ4n) is 1.21. The van der Waals surface area contributed by atoms with E-state index in [2.05, 4.69) is 5.32 Å². The molecule has 5 heteroatoms. The highest BCUT2D eigenvalue weighted by molar-refractivity contribution is 5.84. The van der Waals surface area contributed by atoms with Crippen molar-refractivity contribution in [1.29, 1.82) is 0 Å². The van der Waals surface area contributed by atoms with Gasteiger partial charge in [-0.3, -0.25) is 5.32 Å². The average Bonchev–Trinajstić information content (AvgIpc) is 2.35. The number of amides is 1. The first kappa shape index (κ1) is 14.3. The van der Waals surface area contributed by atoms with E-state index in [1.165, 1.54) is 0 Å². The summed E-state index contributed by atoms with van der Waals surface area (Å²) in [5, 5.41) is 2.64. The van der Waals surface area contributed by atoms with Crippen LogP contribution in [-0.4, -0.2) is 25.9 Å². The summed E-state index contributed by atoms with van der Waals surface area (Å²) in [6.07, 6.45) is -0.445. The Hall–Kier alpha value is -1.75. The van der Waals surface area contributed by atoms with E-state index in [0.717, 1.165) is 5.75 Å². The molecule has 18 heavy (non-hydrogen) atoms. The number of benzene rings is 1. The van der Waals surface area contributed by atoms with Gasteiger partial charge < -0.3 is 15.2 Å². The summed E-state index contributed by atoms with van der Waals surface area (Å²) in [6, 6.07) is 7.05. The number of nitrogens with two attached hydrogens (primary N) is 1. The molecule has 100 valence electrons. The van der Waals surface area contributed by atoms with Crippen LogP contribution in [-0.2, 0) is 4.74 Å². The van der Waals surface area contributed by atoms with Gasteiger partial charge in [-0.25, -0.2) is 4.79 Å². The highest BCUT2D eigenvalue weighted by Gasteiger charge is 2.04. The van der Waals surface area contributed by atoms with Crippen LogP contribution in [0.5, 0.6) is 5.75 Å². The molecule has 0 atom stereocenters. The predicted octanol–water partition coefficient (Wildman–Crippen LogP) is 2.23. The molecule has 0 fully saturated rings. The first-order valence-corrected chi connectivity index (χ1v) is 5.98. The van der Waals surface area contributed by atoms with Crippen LogP contribution in [0.25, 0.3) is 0 Å². The van der Waals surface area contributed by atoms with Gasteiger partial charge in [0.05, 0.1) is 6.61 Å². The lowest BCUT2D eigenvalue weighted by Crippen LogP contribution is -2.16. The Labute approximate surface area is 107 Å². The van der Waals surface area contributed by atoms with Gasteiger partial charge in [0.15, 0.2) is 0 Å². The van der Waals surface area contributed by atoms with E-state index >= 15 is 0 Å². The lowest BCUT2D eigenvalue weighted by molar-refractivity contribution is 0.147. The maximum Gasteiger partial charge on any atom is 0.411 e. The highest BCUT2D eigenvalue weighted by Crippen LogP contribution is 2.15. The standard InChI is InChI=1S/C13H20N2O3/c1-10(2)9-18-13(16)15-11-3-5-12(6-4-11)17-8-7-14/h3-6,10H,7-9,14H2,1-2H3,(H,15,16). The molecule has 0 saturated heterocycles. The van der Waals surface area contributed by atoms with E-state index in [1.54, 1.807) is 24.3 Å². The lowest BCUT2D eigenvalue weighted by Gasteiger charge is -2.09. The van der Waals surface area contributed by atoms with Crippen molar-refractivity contribution in [3.8, 4) is 5.75 Å². The van der Waals surface area contributed by atoms with Gasteiger partial charge in [-0.15, -0.1) is 0 Å². The molecule has 1 aromatic rings. The molecule has 0 heterocycles. The van der Waals surface area contributed by atoms with Gasteiger partial charge >= 0.3 is 6.09 Å². The Morgan fingerprint density at radius 1 is 1.33 bits per heavy atom. The number of anilines is 1. The van der Waals surface area contributed by atoms with E-state index in [1.807, 2.05) is 13.8 Å². The van der Waals surface area contributed by atoms with Gasteiger partial charge in [0.1, 0.15) is 12.4 Å². The predicted molar refractivity (Wildman–Crippen MR) is 70.8 cm³/mol. The van der Waals surface area contributed by atoms with E-state index in [9.17, 15) is 4.79 Å². The number of nitrogens with one attached hydrogen (secondary N) is 1. The summed E-state index contributed by atoms with van der Waals surface area (Å²) in [5.41, 5.74) is 6.00. The molecular formula is C13H20N2O3. The third-order valence-corrected chi connectivity index (χ3v) is 2.04. The van der Waals surface area contributed by atoms with Crippen molar-refractivity contribution < 1.29 is 14.3 Å². The van der Waals surface area contributed by atoms with E-state index in [0.29, 0.717) is 31.4 Å². The van der Waals surface area contributed by atoms with Crippen LogP contribution in [0.4, 0.5) is 10.5 Å². The number of carbonyl (C=O) groups is 1. The zero-order chi connectivity index (χ0) is 13.4. The summed E-state index contributed by atoms with van der Waals surface area (Å²) in [6.45, 7) is 5.32. The lowest BCUT2D eigenvalue weighted by atomic mass is 10.2. The fraction of sp³-hybridized carbons (Fsp3) is 0.462. The molecule has 1 amide bonds. The number of carbonyl (C=O) groups excluding carboxylic acids is 1. The second-order valence-electron chi connectivity index (χ2n) is 4.28. The molecule has 0 unspecified atom stereocenters. The minimum absolute atomic E-state index is 0.322. The third-order valence-electron chi connectivity index (χ3n) is 2.04. The molecule has 1 rings (SSSR count). The van der Waals surface area contributed by atoms with Gasteiger partial charge in [-0.1, -0.05) is 13.8 Å². The zero-order valence-corrected chi connectivity index (χ0v) is 10.8. The summed E-state index contributed by atoms with van der Waals surface area (Å²) in [4.78, 5) is 11.4.